The van der Waals surface area contributed by atoms with Crippen molar-refractivity contribution in [1.29, 1.82) is 0 Å². The molecule has 0 amide bonds. The van der Waals surface area contributed by atoms with E-state index >= 15 is 0 Å². The van der Waals surface area contributed by atoms with Crippen molar-refractivity contribution in [3.63, 3.8) is 0 Å². The number of para-hydroxylation sites is 1. The molecule has 0 aliphatic rings. The Morgan fingerprint density at radius 1 is 1.17 bits per heavy atom. The van der Waals surface area contributed by atoms with Gasteiger partial charge in [-0.2, -0.15) is 10.2 Å². The van der Waals surface area contributed by atoms with E-state index < -0.39 is 22.2 Å². The fourth-order valence-corrected chi connectivity index (χ4v) is 2.96. The number of hydrogen-bond donors (Lipinski definition) is 1. The number of fused-ring (bicyclic) bond motifs is 1. The summed E-state index contributed by atoms with van der Waals surface area (Å²) in [6, 6.07) is 13.0. The van der Waals surface area contributed by atoms with Crippen molar-refractivity contribution in [2.24, 2.45) is 0 Å². The summed E-state index contributed by atoms with van der Waals surface area (Å²) < 4.78 is 21.2. The van der Waals surface area contributed by atoms with Crippen LogP contribution >= 0.6 is 0 Å². The Labute approximate surface area is 138 Å². The van der Waals surface area contributed by atoms with Gasteiger partial charge in [0.25, 0.3) is 0 Å². The predicted molar refractivity (Wildman–Crippen MR) is 91.1 cm³/mol. The summed E-state index contributed by atoms with van der Waals surface area (Å²) in [5.41, 5.74) is 1.46. The number of nitrogens with zero attached hydrogens (tertiary/aromatic N) is 2. The molecule has 2 unspecified atom stereocenters. The molecule has 2 heterocycles. The molecule has 0 radical (unpaired) electrons. The Balaban J connectivity index is 2.01. The van der Waals surface area contributed by atoms with Crippen molar-refractivity contribution in [1.82, 2.24) is 14.9 Å². The van der Waals surface area contributed by atoms with Crippen molar-refractivity contribution < 1.29 is 8.97 Å². The molecule has 5 nitrogen and oxygen atoms in total. The molecule has 1 N–H and O–H groups in total. The molecule has 0 saturated heterocycles. The van der Waals surface area contributed by atoms with Crippen LogP contribution in [0.4, 0.5) is 0 Å². The molecule has 0 spiro atoms. The number of furan rings is 1. The lowest BCUT2D eigenvalue weighted by Gasteiger charge is -2.26. The molecule has 120 valence electrons. The van der Waals surface area contributed by atoms with E-state index in [1.807, 2.05) is 57.2 Å². The van der Waals surface area contributed by atoms with Crippen LogP contribution < -0.4 is 4.72 Å². The smallest absolute Gasteiger partial charge is 0.154 e. The standard InChI is InChI=1S/C17H19N3O2S/c1-17(2,3)23(21)20-16(13-8-6-10-18-19-13)15-11-12-7-4-5-9-14(12)22-15/h4-11,16,20H,1-3H3. The average Bonchev–Trinajstić information content (AvgIpc) is 2.95. The Bertz CT molecular complexity index is 750. The summed E-state index contributed by atoms with van der Waals surface area (Å²) >= 11 is -1.27. The molecule has 0 aliphatic heterocycles. The van der Waals surface area contributed by atoms with Gasteiger partial charge in [-0.3, -0.25) is 0 Å². The van der Waals surface area contributed by atoms with Crippen molar-refractivity contribution in [3.05, 3.63) is 60.1 Å². The fourth-order valence-electron chi connectivity index (χ4n) is 2.16. The zero-order valence-electron chi connectivity index (χ0n) is 13.3. The summed E-state index contributed by atoms with van der Waals surface area (Å²) in [5.74, 6) is 0.671. The number of rotatable bonds is 4. The van der Waals surface area contributed by atoms with Gasteiger partial charge in [0, 0.05) is 22.9 Å². The van der Waals surface area contributed by atoms with Crippen LogP contribution in [0.3, 0.4) is 0 Å². The molecule has 1 aromatic carbocycles. The van der Waals surface area contributed by atoms with Crippen LogP contribution in [0.2, 0.25) is 0 Å². The van der Waals surface area contributed by atoms with Gasteiger partial charge in [-0.25, -0.2) is 0 Å². The van der Waals surface area contributed by atoms with Gasteiger partial charge in [0.1, 0.15) is 16.1 Å². The second-order valence-electron chi connectivity index (χ2n) is 6.27. The van der Waals surface area contributed by atoms with Gasteiger partial charge in [-0.1, -0.05) is 18.2 Å². The lowest BCUT2D eigenvalue weighted by Crippen LogP contribution is -2.41. The molecular formula is C17H19N3O2S. The Morgan fingerprint density at radius 3 is 2.61 bits per heavy atom. The maximum Gasteiger partial charge on any atom is 0.154 e. The first kappa shape index (κ1) is 16.0. The Kier molecular flexibility index (Phi) is 4.39. The van der Waals surface area contributed by atoms with Crippen LogP contribution in [0.5, 0.6) is 0 Å². The fraction of sp³-hybridized carbons (Fsp3) is 0.294. The van der Waals surface area contributed by atoms with Gasteiger partial charge in [-0.15, -0.1) is 4.72 Å². The highest BCUT2D eigenvalue weighted by atomic mass is 32.2. The summed E-state index contributed by atoms with van der Waals surface area (Å²) in [5, 5.41) is 9.08. The molecule has 2 atom stereocenters. The third-order valence-corrected chi connectivity index (χ3v) is 4.96. The normalized spacial score (nSPS) is 14.8. The minimum Gasteiger partial charge on any atom is -0.598 e. The topological polar surface area (TPSA) is 74.0 Å². The molecule has 0 fully saturated rings. The molecule has 0 aliphatic carbocycles. The highest BCUT2D eigenvalue weighted by molar-refractivity contribution is 7.90. The highest BCUT2D eigenvalue weighted by Crippen LogP contribution is 2.29. The van der Waals surface area contributed by atoms with E-state index in [4.69, 9.17) is 4.42 Å². The number of hydrogen-bond acceptors (Lipinski definition) is 5. The minimum absolute atomic E-state index is 0.396. The third-order valence-electron chi connectivity index (χ3n) is 3.40. The SMILES string of the molecule is CC(C)(C)[S+]([O-])NC(c1cccnn1)c1cc2ccccc2o1. The Hall–Kier alpha value is -1.89. The molecule has 3 rings (SSSR count). The Morgan fingerprint density at radius 2 is 1.96 bits per heavy atom. The van der Waals surface area contributed by atoms with E-state index in [1.54, 1.807) is 12.3 Å². The van der Waals surface area contributed by atoms with Crippen LogP contribution in [0.1, 0.15) is 38.3 Å². The van der Waals surface area contributed by atoms with Crippen molar-refractivity contribution in [2.75, 3.05) is 0 Å². The summed E-state index contributed by atoms with van der Waals surface area (Å²) in [6.45, 7) is 5.76. The molecule has 0 bridgehead atoms. The van der Waals surface area contributed by atoms with Gasteiger partial charge >= 0.3 is 0 Å². The lowest BCUT2D eigenvalue weighted by molar-refractivity contribution is 0.481. The van der Waals surface area contributed by atoms with E-state index in [0.29, 0.717) is 11.5 Å². The van der Waals surface area contributed by atoms with Crippen LogP contribution in [0.25, 0.3) is 11.0 Å². The van der Waals surface area contributed by atoms with E-state index in [-0.39, 0.29) is 0 Å². The van der Waals surface area contributed by atoms with Gasteiger partial charge in [-0.05, 0) is 45.0 Å². The first-order valence-corrected chi connectivity index (χ1v) is 8.54. The van der Waals surface area contributed by atoms with Crippen LogP contribution in [0, 0.1) is 0 Å². The third kappa shape index (κ3) is 3.55. The van der Waals surface area contributed by atoms with Crippen molar-refractivity contribution in [2.45, 2.75) is 31.6 Å². The van der Waals surface area contributed by atoms with Gasteiger partial charge in [0.2, 0.25) is 0 Å². The summed E-state index contributed by atoms with van der Waals surface area (Å²) in [4.78, 5) is 0. The number of nitrogens with one attached hydrogen (secondary N) is 1. The molecule has 3 aromatic rings. The van der Waals surface area contributed by atoms with Crippen molar-refractivity contribution >= 4 is 22.3 Å². The minimum atomic E-state index is -1.27. The largest absolute Gasteiger partial charge is 0.598 e. The van der Waals surface area contributed by atoms with Crippen LogP contribution in [-0.2, 0) is 11.4 Å². The average molecular weight is 329 g/mol. The first-order valence-electron chi connectivity index (χ1n) is 7.39. The molecular weight excluding hydrogens is 310 g/mol. The zero-order valence-corrected chi connectivity index (χ0v) is 14.1. The van der Waals surface area contributed by atoms with Gasteiger partial charge in [0.05, 0.1) is 5.69 Å². The molecule has 23 heavy (non-hydrogen) atoms. The van der Waals surface area contributed by atoms with E-state index in [1.165, 1.54) is 0 Å². The second kappa shape index (κ2) is 6.31. The van der Waals surface area contributed by atoms with Crippen molar-refractivity contribution in [3.8, 4) is 0 Å². The maximum absolute atomic E-state index is 12.5. The quantitative estimate of drug-likeness (QED) is 0.743. The zero-order chi connectivity index (χ0) is 16.4. The second-order valence-corrected chi connectivity index (χ2v) is 8.26. The first-order chi connectivity index (χ1) is 10.9. The summed E-state index contributed by atoms with van der Waals surface area (Å²) in [7, 11) is 0. The maximum atomic E-state index is 12.5. The number of benzene rings is 1. The van der Waals surface area contributed by atoms with Crippen LogP contribution in [-0.4, -0.2) is 19.5 Å². The predicted octanol–water partition coefficient (Wildman–Crippen LogP) is 3.36. The lowest BCUT2D eigenvalue weighted by atomic mass is 10.1. The monoisotopic (exact) mass is 329 g/mol. The van der Waals surface area contributed by atoms with Crippen LogP contribution in [0.15, 0.2) is 53.1 Å². The van der Waals surface area contributed by atoms with Gasteiger partial charge in [0.15, 0.2) is 6.04 Å². The van der Waals surface area contributed by atoms with E-state index in [0.717, 1.165) is 11.0 Å². The molecule has 2 aromatic heterocycles. The molecule has 0 saturated carbocycles. The van der Waals surface area contributed by atoms with Gasteiger partial charge < -0.3 is 8.97 Å². The van der Waals surface area contributed by atoms with E-state index in [2.05, 4.69) is 14.9 Å². The van der Waals surface area contributed by atoms with E-state index in [9.17, 15) is 4.55 Å². The highest BCUT2D eigenvalue weighted by Gasteiger charge is 2.32. The summed E-state index contributed by atoms with van der Waals surface area (Å²) in [6.07, 6.45) is 1.61. The molecule has 6 heteroatoms. The number of aromatic nitrogens is 2.